The third-order valence-electron chi connectivity index (χ3n) is 4.27. The molecule has 1 aromatic rings. The van der Waals surface area contributed by atoms with Crippen molar-refractivity contribution in [2.45, 2.75) is 44.0 Å². The van der Waals surface area contributed by atoms with Crippen molar-refractivity contribution in [3.05, 3.63) is 23.8 Å². The molecule has 5 nitrogen and oxygen atoms in total. The highest BCUT2D eigenvalue weighted by molar-refractivity contribution is 14.0. The number of ether oxygens (including phenoxy) is 2. The summed E-state index contributed by atoms with van der Waals surface area (Å²) in [5, 5.41) is 7.69. The molecular weight excluding hydrogens is 449 g/mol. The molecule has 1 aliphatic carbocycles. The van der Waals surface area contributed by atoms with Gasteiger partial charge in [0.25, 0.3) is 0 Å². The van der Waals surface area contributed by atoms with Gasteiger partial charge in [0, 0.05) is 24.9 Å². The molecule has 2 N–H and O–H groups in total. The largest absolute Gasteiger partial charge is 0.493 e. The Morgan fingerprint density at radius 3 is 2.72 bits per heavy atom. The Kier molecular flexibility index (Phi) is 10.4. The number of methoxy groups -OCH3 is 1. The van der Waals surface area contributed by atoms with Crippen molar-refractivity contribution in [1.82, 2.24) is 10.6 Å². The molecule has 1 fully saturated rings. The van der Waals surface area contributed by atoms with Crippen molar-refractivity contribution >= 4 is 41.7 Å². The van der Waals surface area contributed by atoms with E-state index in [0.717, 1.165) is 28.3 Å². The number of hydrogen-bond acceptors (Lipinski definition) is 4. The van der Waals surface area contributed by atoms with Crippen LogP contribution < -0.4 is 20.1 Å². The molecule has 0 spiro atoms. The van der Waals surface area contributed by atoms with Crippen LogP contribution in [0.2, 0.25) is 0 Å². The van der Waals surface area contributed by atoms with E-state index >= 15 is 0 Å². The number of benzene rings is 1. The SMILES string of the molecule is CCOc1ccc(CNC(=NC)NC2CCC(SC)C2)cc1OC.I. The van der Waals surface area contributed by atoms with Crippen LogP contribution in [0.25, 0.3) is 0 Å². The molecule has 1 saturated carbocycles. The molecule has 2 unspecified atom stereocenters. The van der Waals surface area contributed by atoms with Gasteiger partial charge in [0.15, 0.2) is 17.5 Å². The van der Waals surface area contributed by atoms with Gasteiger partial charge in [-0.15, -0.1) is 24.0 Å². The third kappa shape index (κ3) is 6.77. The number of rotatable bonds is 7. The Morgan fingerprint density at radius 2 is 2.12 bits per heavy atom. The highest BCUT2D eigenvalue weighted by Gasteiger charge is 2.24. The number of guanidine groups is 1. The average molecular weight is 479 g/mol. The molecule has 1 aliphatic rings. The fourth-order valence-electron chi connectivity index (χ4n) is 2.96. The number of halogens is 1. The van der Waals surface area contributed by atoms with E-state index in [-0.39, 0.29) is 24.0 Å². The second-order valence-corrected chi connectivity index (χ2v) is 6.99. The monoisotopic (exact) mass is 479 g/mol. The Hall–Kier alpha value is -0.830. The van der Waals surface area contributed by atoms with Gasteiger partial charge in [-0.2, -0.15) is 11.8 Å². The predicted octanol–water partition coefficient (Wildman–Crippen LogP) is 3.66. The van der Waals surface area contributed by atoms with Crippen LogP contribution in [0.5, 0.6) is 11.5 Å². The van der Waals surface area contributed by atoms with E-state index in [0.29, 0.717) is 19.2 Å². The minimum atomic E-state index is 0. The van der Waals surface area contributed by atoms with Gasteiger partial charge in [0.05, 0.1) is 13.7 Å². The van der Waals surface area contributed by atoms with Gasteiger partial charge < -0.3 is 20.1 Å². The van der Waals surface area contributed by atoms with Crippen LogP contribution in [-0.4, -0.2) is 44.3 Å². The molecule has 25 heavy (non-hydrogen) atoms. The standard InChI is InChI=1S/C18H29N3O2S.HI/c1-5-23-16-9-6-13(10-17(16)22-3)12-20-18(19-2)21-14-7-8-15(11-14)24-4;/h6,9-10,14-15H,5,7-8,11-12H2,1-4H3,(H2,19,20,21);1H. The number of hydrogen-bond donors (Lipinski definition) is 2. The smallest absolute Gasteiger partial charge is 0.191 e. The molecule has 0 aliphatic heterocycles. The van der Waals surface area contributed by atoms with E-state index in [1.54, 1.807) is 7.11 Å². The van der Waals surface area contributed by atoms with Gasteiger partial charge in [-0.1, -0.05) is 6.07 Å². The van der Waals surface area contributed by atoms with Crippen LogP contribution in [0.15, 0.2) is 23.2 Å². The Labute approximate surface area is 172 Å². The van der Waals surface area contributed by atoms with Crippen LogP contribution in [0.1, 0.15) is 31.7 Å². The van der Waals surface area contributed by atoms with E-state index in [4.69, 9.17) is 9.47 Å². The molecule has 0 radical (unpaired) electrons. The van der Waals surface area contributed by atoms with E-state index in [1.165, 1.54) is 19.3 Å². The first-order valence-corrected chi connectivity index (χ1v) is 9.78. The van der Waals surface area contributed by atoms with Crippen molar-refractivity contribution in [1.29, 1.82) is 0 Å². The van der Waals surface area contributed by atoms with Crippen molar-refractivity contribution in [3.8, 4) is 11.5 Å². The van der Waals surface area contributed by atoms with Crippen LogP contribution in [0.4, 0.5) is 0 Å². The maximum Gasteiger partial charge on any atom is 0.191 e. The van der Waals surface area contributed by atoms with E-state index < -0.39 is 0 Å². The van der Waals surface area contributed by atoms with Gasteiger partial charge >= 0.3 is 0 Å². The fraction of sp³-hybridized carbons (Fsp3) is 0.611. The summed E-state index contributed by atoms with van der Waals surface area (Å²) in [7, 11) is 3.48. The zero-order chi connectivity index (χ0) is 17.4. The minimum Gasteiger partial charge on any atom is -0.493 e. The number of thioether (sulfide) groups is 1. The number of aliphatic imine (C=N–C) groups is 1. The highest BCUT2D eigenvalue weighted by atomic mass is 127. The summed E-state index contributed by atoms with van der Waals surface area (Å²) in [6, 6.07) is 6.52. The highest BCUT2D eigenvalue weighted by Crippen LogP contribution is 2.29. The zero-order valence-corrected chi connectivity index (χ0v) is 18.6. The Balaban J connectivity index is 0.00000312. The molecule has 0 saturated heterocycles. The topological polar surface area (TPSA) is 54.9 Å². The van der Waals surface area contributed by atoms with Gasteiger partial charge in [0.1, 0.15) is 0 Å². The maximum atomic E-state index is 5.56. The molecule has 0 heterocycles. The first-order valence-electron chi connectivity index (χ1n) is 8.49. The third-order valence-corrected chi connectivity index (χ3v) is 5.36. The van der Waals surface area contributed by atoms with E-state index in [1.807, 2.05) is 43.9 Å². The molecule has 0 amide bonds. The van der Waals surface area contributed by atoms with Gasteiger partial charge in [-0.25, -0.2) is 0 Å². The second kappa shape index (κ2) is 11.7. The summed E-state index contributed by atoms with van der Waals surface area (Å²) in [5.41, 5.74) is 1.13. The lowest BCUT2D eigenvalue weighted by molar-refractivity contribution is 0.310. The van der Waals surface area contributed by atoms with E-state index in [9.17, 15) is 0 Å². The Bertz CT molecular complexity index is 557. The van der Waals surface area contributed by atoms with Crippen LogP contribution in [0, 0.1) is 0 Å². The summed E-state index contributed by atoms with van der Waals surface area (Å²) in [5.74, 6) is 2.40. The molecular formula is C18H30IN3O2S. The predicted molar refractivity (Wildman–Crippen MR) is 118 cm³/mol. The minimum absolute atomic E-state index is 0. The van der Waals surface area contributed by atoms with Crippen LogP contribution >= 0.6 is 35.7 Å². The Morgan fingerprint density at radius 1 is 1.32 bits per heavy atom. The molecule has 2 rings (SSSR count). The summed E-state index contributed by atoms with van der Waals surface area (Å²) in [6.07, 6.45) is 5.90. The normalized spacial score (nSPS) is 19.9. The first-order chi connectivity index (χ1) is 11.7. The zero-order valence-electron chi connectivity index (χ0n) is 15.5. The summed E-state index contributed by atoms with van der Waals surface area (Å²) < 4.78 is 11.0. The van der Waals surface area contributed by atoms with Gasteiger partial charge in [-0.3, -0.25) is 4.99 Å². The second-order valence-electron chi connectivity index (χ2n) is 5.86. The average Bonchev–Trinajstić information content (AvgIpc) is 3.07. The van der Waals surface area contributed by atoms with Gasteiger partial charge in [-0.05, 0) is 50.1 Å². The van der Waals surface area contributed by atoms with E-state index in [2.05, 4.69) is 21.9 Å². The van der Waals surface area contributed by atoms with Crippen molar-refractivity contribution < 1.29 is 9.47 Å². The first kappa shape index (κ1) is 22.2. The molecule has 0 bridgehead atoms. The lowest BCUT2D eigenvalue weighted by Crippen LogP contribution is -2.42. The van der Waals surface area contributed by atoms with Crippen molar-refractivity contribution in [2.75, 3.05) is 27.0 Å². The molecule has 0 aromatic heterocycles. The molecule has 1 aromatic carbocycles. The maximum absolute atomic E-state index is 5.56. The fourth-order valence-corrected chi connectivity index (χ4v) is 3.75. The number of nitrogens with one attached hydrogen (secondary N) is 2. The molecule has 142 valence electrons. The molecule has 2 atom stereocenters. The summed E-state index contributed by atoms with van der Waals surface area (Å²) in [4.78, 5) is 4.34. The number of nitrogens with zero attached hydrogens (tertiary/aromatic N) is 1. The molecule has 7 heteroatoms. The lowest BCUT2D eigenvalue weighted by atomic mass is 10.2. The van der Waals surface area contributed by atoms with Crippen LogP contribution in [0.3, 0.4) is 0 Å². The summed E-state index contributed by atoms with van der Waals surface area (Å²) >= 11 is 1.96. The summed E-state index contributed by atoms with van der Waals surface area (Å²) in [6.45, 7) is 3.29. The van der Waals surface area contributed by atoms with Gasteiger partial charge in [0.2, 0.25) is 0 Å². The quantitative estimate of drug-likeness (QED) is 0.355. The van der Waals surface area contributed by atoms with Crippen molar-refractivity contribution in [2.24, 2.45) is 4.99 Å². The van der Waals surface area contributed by atoms with Crippen LogP contribution in [-0.2, 0) is 6.54 Å². The lowest BCUT2D eigenvalue weighted by Gasteiger charge is -2.18. The van der Waals surface area contributed by atoms with Crippen molar-refractivity contribution in [3.63, 3.8) is 0 Å².